The van der Waals surface area contributed by atoms with Gasteiger partial charge in [-0.2, -0.15) is 5.26 Å². The summed E-state index contributed by atoms with van der Waals surface area (Å²) in [5.74, 6) is 2.05. The molecule has 1 N–H and O–H groups in total. The van der Waals surface area contributed by atoms with Gasteiger partial charge in [-0.3, -0.25) is 0 Å². The molecule has 0 saturated heterocycles. The van der Waals surface area contributed by atoms with Gasteiger partial charge in [-0.25, -0.2) is 4.98 Å². The van der Waals surface area contributed by atoms with E-state index in [0.717, 1.165) is 5.56 Å². The normalized spacial score (nSPS) is 9.65. The van der Waals surface area contributed by atoms with Crippen LogP contribution in [0.5, 0.6) is 11.5 Å². The van der Waals surface area contributed by atoms with E-state index >= 15 is 0 Å². The summed E-state index contributed by atoms with van der Waals surface area (Å²) in [7, 11) is 3.21. The van der Waals surface area contributed by atoms with Crippen molar-refractivity contribution >= 4 is 5.82 Å². The Hall–Kier alpha value is -2.74. The number of pyridine rings is 1. The molecule has 102 valence electrons. The fraction of sp³-hybridized carbons (Fsp3) is 0.200. The van der Waals surface area contributed by atoms with Crippen LogP contribution in [0.15, 0.2) is 36.5 Å². The van der Waals surface area contributed by atoms with Crippen LogP contribution in [0.25, 0.3) is 0 Å². The molecule has 0 spiro atoms. The van der Waals surface area contributed by atoms with Gasteiger partial charge in [0.1, 0.15) is 5.82 Å². The molecule has 20 heavy (non-hydrogen) atoms. The molecule has 0 fully saturated rings. The lowest BCUT2D eigenvalue weighted by Gasteiger charge is -2.10. The lowest BCUT2D eigenvalue weighted by Crippen LogP contribution is -2.02. The third kappa shape index (κ3) is 3.18. The Morgan fingerprint density at radius 1 is 1.15 bits per heavy atom. The first-order chi connectivity index (χ1) is 9.76. The van der Waals surface area contributed by atoms with E-state index < -0.39 is 0 Å². The van der Waals surface area contributed by atoms with Crippen LogP contribution in [0.4, 0.5) is 5.82 Å². The average Bonchev–Trinajstić information content (AvgIpc) is 2.52. The van der Waals surface area contributed by atoms with Crippen molar-refractivity contribution in [2.24, 2.45) is 0 Å². The van der Waals surface area contributed by atoms with Gasteiger partial charge in [-0.15, -0.1) is 0 Å². The quantitative estimate of drug-likeness (QED) is 0.903. The van der Waals surface area contributed by atoms with Crippen molar-refractivity contribution in [1.82, 2.24) is 4.98 Å². The predicted octanol–water partition coefficient (Wildman–Crippen LogP) is 2.58. The number of ether oxygens (including phenoxy) is 2. The molecule has 5 heteroatoms. The standard InChI is InChI=1S/C15H15N3O2/c1-19-13-4-3-12(7-14(13)20-2)10-18-15-8-11(9-16)5-6-17-15/h3-8H,10H2,1-2H3,(H,17,18). The van der Waals surface area contributed by atoms with Gasteiger partial charge in [-0.1, -0.05) is 6.07 Å². The molecule has 0 aliphatic rings. The summed E-state index contributed by atoms with van der Waals surface area (Å²) in [4.78, 5) is 4.16. The highest BCUT2D eigenvalue weighted by atomic mass is 16.5. The fourth-order valence-corrected chi connectivity index (χ4v) is 1.78. The van der Waals surface area contributed by atoms with Crippen molar-refractivity contribution in [3.05, 3.63) is 47.7 Å². The summed E-state index contributed by atoms with van der Waals surface area (Å²) in [6, 6.07) is 11.2. The maximum absolute atomic E-state index is 8.84. The van der Waals surface area contributed by atoms with E-state index in [1.807, 2.05) is 18.2 Å². The minimum atomic E-state index is 0.579. The fourth-order valence-electron chi connectivity index (χ4n) is 1.78. The maximum Gasteiger partial charge on any atom is 0.161 e. The molecule has 0 amide bonds. The Labute approximate surface area is 117 Å². The second-order valence-corrected chi connectivity index (χ2v) is 4.08. The molecular formula is C15H15N3O2. The van der Waals surface area contributed by atoms with E-state index in [1.165, 1.54) is 0 Å². The van der Waals surface area contributed by atoms with Gasteiger partial charge in [0, 0.05) is 12.7 Å². The first kappa shape index (κ1) is 13.7. The Morgan fingerprint density at radius 3 is 2.65 bits per heavy atom. The summed E-state index contributed by atoms with van der Waals surface area (Å²) in [6.45, 7) is 0.586. The Kier molecular flexibility index (Phi) is 4.40. The highest BCUT2D eigenvalue weighted by molar-refractivity contribution is 5.46. The molecule has 2 aromatic rings. The molecule has 5 nitrogen and oxygen atoms in total. The molecule has 0 aliphatic carbocycles. The molecular weight excluding hydrogens is 254 g/mol. The van der Waals surface area contributed by atoms with Crippen LogP contribution in [0.1, 0.15) is 11.1 Å². The van der Waals surface area contributed by atoms with Crippen LogP contribution < -0.4 is 14.8 Å². The lowest BCUT2D eigenvalue weighted by molar-refractivity contribution is 0.354. The zero-order valence-electron chi connectivity index (χ0n) is 11.4. The van der Waals surface area contributed by atoms with Crippen LogP contribution in [-0.2, 0) is 6.54 Å². The molecule has 0 bridgehead atoms. The van der Waals surface area contributed by atoms with Gasteiger partial charge in [0.25, 0.3) is 0 Å². The number of nitrogens with one attached hydrogen (secondary N) is 1. The maximum atomic E-state index is 8.84. The summed E-state index contributed by atoms with van der Waals surface area (Å²) in [5.41, 5.74) is 1.61. The Bertz CT molecular complexity index is 635. The van der Waals surface area contributed by atoms with Crippen molar-refractivity contribution in [3.63, 3.8) is 0 Å². The zero-order chi connectivity index (χ0) is 14.4. The van der Waals surface area contributed by atoms with Gasteiger partial charge < -0.3 is 14.8 Å². The summed E-state index contributed by atoms with van der Waals surface area (Å²) >= 11 is 0. The van der Waals surface area contributed by atoms with Crippen molar-refractivity contribution in [2.75, 3.05) is 19.5 Å². The number of nitrogens with zero attached hydrogens (tertiary/aromatic N) is 2. The SMILES string of the molecule is COc1ccc(CNc2cc(C#N)ccn2)cc1OC. The van der Waals surface area contributed by atoms with Gasteiger partial charge in [0.2, 0.25) is 0 Å². The van der Waals surface area contributed by atoms with Gasteiger partial charge >= 0.3 is 0 Å². The topological polar surface area (TPSA) is 67.2 Å². The zero-order valence-corrected chi connectivity index (χ0v) is 11.4. The van der Waals surface area contributed by atoms with Crippen molar-refractivity contribution in [1.29, 1.82) is 5.26 Å². The predicted molar refractivity (Wildman–Crippen MR) is 75.8 cm³/mol. The second kappa shape index (κ2) is 6.43. The number of anilines is 1. The van der Waals surface area contributed by atoms with Crippen molar-refractivity contribution in [2.45, 2.75) is 6.54 Å². The highest BCUT2D eigenvalue weighted by Crippen LogP contribution is 2.27. The summed E-state index contributed by atoms with van der Waals surface area (Å²) in [5, 5.41) is 12.0. The third-order valence-corrected chi connectivity index (χ3v) is 2.81. The van der Waals surface area contributed by atoms with Crippen LogP contribution in [0.3, 0.4) is 0 Å². The summed E-state index contributed by atoms with van der Waals surface area (Å²) < 4.78 is 10.4. The van der Waals surface area contributed by atoms with Gasteiger partial charge in [0.05, 0.1) is 25.9 Å². The molecule has 0 unspecified atom stereocenters. The van der Waals surface area contributed by atoms with Gasteiger partial charge in [0.15, 0.2) is 11.5 Å². The lowest BCUT2D eigenvalue weighted by atomic mass is 10.2. The smallest absolute Gasteiger partial charge is 0.161 e. The van der Waals surface area contributed by atoms with Crippen molar-refractivity contribution < 1.29 is 9.47 Å². The molecule has 1 aromatic carbocycles. The summed E-state index contributed by atoms with van der Waals surface area (Å²) in [6.07, 6.45) is 1.61. The Balaban J connectivity index is 2.09. The van der Waals surface area contributed by atoms with E-state index in [2.05, 4.69) is 16.4 Å². The number of aromatic nitrogens is 1. The second-order valence-electron chi connectivity index (χ2n) is 4.08. The molecule has 0 radical (unpaired) electrons. The molecule has 1 heterocycles. The largest absolute Gasteiger partial charge is 0.493 e. The number of hydrogen-bond acceptors (Lipinski definition) is 5. The minimum absolute atomic E-state index is 0.579. The minimum Gasteiger partial charge on any atom is -0.493 e. The van der Waals surface area contributed by atoms with Crippen LogP contribution in [0, 0.1) is 11.3 Å². The number of benzene rings is 1. The molecule has 0 saturated carbocycles. The number of methoxy groups -OCH3 is 2. The molecule has 2 rings (SSSR count). The van der Waals surface area contributed by atoms with Crippen molar-refractivity contribution in [3.8, 4) is 17.6 Å². The number of nitriles is 1. The van der Waals surface area contributed by atoms with Crippen LogP contribution >= 0.6 is 0 Å². The first-order valence-electron chi connectivity index (χ1n) is 6.07. The number of hydrogen-bond donors (Lipinski definition) is 1. The van der Waals surface area contributed by atoms with E-state index in [4.69, 9.17) is 14.7 Å². The molecule has 0 aliphatic heterocycles. The van der Waals surface area contributed by atoms with E-state index in [0.29, 0.717) is 29.4 Å². The Morgan fingerprint density at radius 2 is 1.95 bits per heavy atom. The molecule has 0 atom stereocenters. The molecule has 1 aromatic heterocycles. The highest BCUT2D eigenvalue weighted by Gasteiger charge is 2.04. The average molecular weight is 269 g/mol. The number of rotatable bonds is 5. The van der Waals surface area contributed by atoms with Gasteiger partial charge in [-0.05, 0) is 29.8 Å². The van der Waals surface area contributed by atoms with Crippen LogP contribution in [-0.4, -0.2) is 19.2 Å². The van der Waals surface area contributed by atoms with Crippen LogP contribution in [0.2, 0.25) is 0 Å². The third-order valence-electron chi connectivity index (χ3n) is 2.81. The van der Waals surface area contributed by atoms with E-state index in [1.54, 1.807) is 32.5 Å². The van der Waals surface area contributed by atoms with E-state index in [9.17, 15) is 0 Å². The van der Waals surface area contributed by atoms with E-state index in [-0.39, 0.29) is 0 Å². The first-order valence-corrected chi connectivity index (χ1v) is 6.07. The monoisotopic (exact) mass is 269 g/mol.